The standard InChI is InChI=1S/C19H36N4O5/c1-8-11(6)15(23-16(24)13(20)9(2)3)18(26)22-14(10(4)5)17(25)21-12(7)19(27)28/h9-15H,8,20H2,1-7H3,(H,21,25)(H,22,26)(H,23,24)(H,27,28). The molecule has 0 rings (SSSR count). The van der Waals surface area contributed by atoms with E-state index in [2.05, 4.69) is 16.0 Å². The highest BCUT2D eigenvalue weighted by Crippen LogP contribution is 2.11. The fourth-order valence-corrected chi connectivity index (χ4v) is 2.40. The van der Waals surface area contributed by atoms with Crippen LogP contribution in [-0.2, 0) is 19.2 Å². The second kappa shape index (κ2) is 11.6. The van der Waals surface area contributed by atoms with Crippen LogP contribution in [0.5, 0.6) is 0 Å². The summed E-state index contributed by atoms with van der Waals surface area (Å²) in [6.45, 7) is 12.2. The summed E-state index contributed by atoms with van der Waals surface area (Å²) in [6.07, 6.45) is 0.629. The molecule has 0 aliphatic heterocycles. The Morgan fingerprint density at radius 3 is 1.64 bits per heavy atom. The van der Waals surface area contributed by atoms with Gasteiger partial charge in [0.25, 0.3) is 0 Å². The number of hydrogen-bond donors (Lipinski definition) is 5. The highest BCUT2D eigenvalue weighted by Gasteiger charge is 2.33. The molecule has 0 bridgehead atoms. The number of carbonyl (C=O) groups excluding carboxylic acids is 3. The van der Waals surface area contributed by atoms with Crippen molar-refractivity contribution in [2.45, 2.75) is 79.1 Å². The lowest BCUT2D eigenvalue weighted by atomic mass is 9.95. The molecular formula is C19H36N4O5. The molecule has 0 spiro atoms. The van der Waals surface area contributed by atoms with Gasteiger partial charge >= 0.3 is 5.97 Å². The monoisotopic (exact) mass is 400 g/mol. The molecule has 0 aromatic rings. The van der Waals surface area contributed by atoms with Gasteiger partial charge in [-0.3, -0.25) is 19.2 Å². The number of carboxylic acids is 1. The predicted molar refractivity (Wildman–Crippen MR) is 106 cm³/mol. The van der Waals surface area contributed by atoms with E-state index in [1.165, 1.54) is 6.92 Å². The van der Waals surface area contributed by atoms with E-state index in [-0.39, 0.29) is 17.8 Å². The Morgan fingerprint density at radius 1 is 0.786 bits per heavy atom. The van der Waals surface area contributed by atoms with E-state index in [0.717, 1.165) is 0 Å². The fourth-order valence-electron chi connectivity index (χ4n) is 2.40. The van der Waals surface area contributed by atoms with Gasteiger partial charge in [-0.2, -0.15) is 0 Å². The molecule has 0 radical (unpaired) electrons. The summed E-state index contributed by atoms with van der Waals surface area (Å²) in [5.41, 5.74) is 5.87. The molecule has 0 aromatic carbocycles. The van der Waals surface area contributed by atoms with Crippen LogP contribution in [0, 0.1) is 17.8 Å². The minimum atomic E-state index is -1.17. The van der Waals surface area contributed by atoms with Gasteiger partial charge in [0, 0.05) is 0 Å². The molecule has 28 heavy (non-hydrogen) atoms. The van der Waals surface area contributed by atoms with Gasteiger partial charge in [0.05, 0.1) is 6.04 Å². The molecule has 9 nitrogen and oxygen atoms in total. The molecule has 0 saturated heterocycles. The van der Waals surface area contributed by atoms with E-state index in [4.69, 9.17) is 10.8 Å². The molecule has 6 N–H and O–H groups in total. The summed E-state index contributed by atoms with van der Waals surface area (Å²) in [7, 11) is 0. The number of nitrogens with two attached hydrogens (primary N) is 1. The fraction of sp³-hybridized carbons (Fsp3) is 0.789. The van der Waals surface area contributed by atoms with E-state index in [1.54, 1.807) is 13.8 Å². The predicted octanol–water partition coefficient (Wildman–Crippen LogP) is 0.231. The molecule has 162 valence electrons. The molecule has 0 saturated carbocycles. The quantitative estimate of drug-likeness (QED) is 0.335. The molecule has 0 fully saturated rings. The van der Waals surface area contributed by atoms with Crippen LogP contribution in [0.25, 0.3) is 0 Å². The van der Waals surface area contributed by atoms with E-state index >= 15 is 0 Å². The number of rotatable bonds is 11. The van der Waals surface area contributed by atoms with Crippen molar-refractivity contribution in [1.29, 1.82) is 0 Å². The normalized spacial score (nSPS) is 16.6. The van der Waals surface area contributed by atoms with Gasteiger partial charge < -0.3 is 26.8 Å². The highest BCUT2D eigenvalue weighted by molar-refractivity contribution is 5.94. The van der Waals surface area contributed by atoms with Gasteiger partial charge in [-0.25, -0.2) is 0 Å². The largest absolute Gasteiger partial charge is 0.480 e. The van der Waals surface area contributed by atoms with Crippen molar-refractivity contribution in [3.63, 3.8) is 0 Å². The van der Waals surface area contributed by atoms with E-state index in [1.807, 2.05) is 27.7 Å². The zero-order chi connectivity index (χ0) is 22.2. The van der Waals surface area contributed by atoms with Crippen LogP contribution >= 0.6 is 0 Å². The Kier molecular flexibility index (Phi) is 10.7. The van der Waals surface area contributed by atoms with Crippen LogP contribution in [0.2, 0.25) is 0 Å². The summed E-state index contributed by atoms with van der Waals surface area (Å²) < 4.78 is 0. The van der Waals surface area contributed by atoms with Crippen LogP contribution in [0.1, 0.15) is 54.9 Å². The zero-order valence-corrected chi connectivity index (χ0v) is 17.9. The smallest absolute Gasteiger partial charge is 0.325 e. The van der Waals surface area contributed by atoms with Crippen LogP contribution < -0.4 is 21.7 Å². The summed E-state index contributed by atoms with van der Waals surface area (Å²) >= 11 is 0. The molecule has 5 unspecified atom stereocenters. The third-order valence-corrected chi connectivity index (χ3v) is 4.79. The second-order valence-corrected chi connectivity index (χ2v) is 7.94. The van der Waals surface area contributed by atoms with Crippen molar-refractivity contribution >= 4 is 23.7 Å². The van der Waals surface area contributed by atoms with Crippen LogP contribution in [0.15, 0.2) is 0 Å². The van der Waals surface area contributed by atoms with Crippen LogP contribution in [0.4, 0.5) is 0 Å². The lowest BCUT2D eigenvalue weighted by Gasteiger charge is -2.29. The first-order valence-corrected chi connectivity index (χ1v) is 9.72. The molecule has 0 aliphatic rings. The van der Waals surface area contributed by atoms with E-state index in [0.29, 0.717) is 6.42 Å². The van der Waals surface area contributed by atoms with Crippen molar-refractivity contribution in [3.8, 4) is 0 Å². The minimum Gasteiger partial charge on any atom is -0.480 e. The van der Waals surface area contributed by atoms with E-state index in [9.17, 15) is 19.2 Å². The average Bonchev–Trinajstić information content (AvgIpc) is 2.61. The maximum absolute atomic E-state index is 12.8. The Morgan fingerprint density at radius 2 is 1.25 bits per heavy atom. The summed E-state index contributed by atoms with van der Waals surface area (Å²) in [5, 5.41) is 16.7. The van der Waals surface area contributed by atoms with Crippen molar-refractivity contribution in [2.75, 3.05) is 0 Å². The summed E-state index contributed by atoms with van der Waals surface area (Å²) in [4.78, 5) is 48.6. The molecular weight excluding hydrogens is 364 g/mol. The number of nitrogens with one attached hydrogen (secondary N) is 3. The van der Waals surface area contributed by atoms with Crippen molar-refractivity contribution < 1.29 is 24.3 Å². The first-order chi connectivity index (χ1) is 12.8. The third kappa shape index (κ3) is 7.84. The molecule has 9 heteroatoms. The first-order valence-electron chi connectivity index (χ1n) is 9.72. The number of carbonyl (C=O) groups is 4. The third-order valence-electron chi connectivity index (χ3n) is 4.79. The Balaban J connectivity index is 5.36. The second-order valence-electron chi connectivity index (χ2n) is 7.94. The number of hydrogen-bond acceptors (Lipinski definition) is 5. The minimum absolute atomic E-state index is 0.0904. The summed E-state index contributed by atoms with van der Waals surface area (Å²) in [5.74, 6) is -3.25. The van der Waals surface area contributed by atoms with Gasteiger partial charge in [-0.1, -0.05) is 48.0 Å². The average molecular weight is 401 g/mol. The van der Waals surface area contributed by atoms with Gasteiger partial charge in [0.2, 0.25) is 17.7 Å². The maximum Gasteiger partial charge on any atom is 0.325 e. The van der Waals surface area contributed by atoms with Crippen molar-refractivity contribution in [2.24, 2.45) is 23.5 Å². The lowest BCUT2D eigenvalue weighted by molar-refractivity contribution is -0.142. The SMILES string of the molecule is CCC(C)C(NC(=O)C(N)C(C)C)C(=O)NC(C(=O)NC(C)C(=O)O)C(C)C. The van der Waals surface area contributed by atoms with Crippen molar-refractivity contribution in [3.05, 3.63) is 0 Å². The van der Waals surface area contributed by atoms with Crippen molar-refractivity contribution in [1.82, 2.24) is 16.0 Å². The van der Waals surface area contributed by atoms with Gasteiger partial charge in [0.15, 0.2) is 0 Å². The molecule has 3 amide bonds. The maximum atomic E-state index is 12.8. The topological polar surface area (TPSA) is 151 Å². The Labute approximate surface area is 167 Å². The van der Waals surface area contributed by atoms with Gasteiger partial charge in [-0.05, 0) is 24.7 Å². The molecule has 0 aliphatic carbocycles. The number of carboxylic acid groups (broad SMARTS) is 1. The number of aliphatic carboxylic acids is 1. The van der Waals surface area contributed by atoms with Gasteiger partial charge in [0.1, 0.15) is 18.1 Å². The molecule has 0 aromatic heterocycles. The van der Waals surface area contributed by atoms with Gasteiger partial charge in [-0.15, -0.1) is 0 Å². The Bertz CT molecular complexity index is 565. The van der Waals surface area contributed by atoms with Crippen LogP contribution in [-0.4, -0.2) is 53.0 Å². The molecule has 0 heterocycles. The summed E-state index contributed by atoms with van der Waals surface area (Å²) in [6, 6.07) is -3.62. The zero-order valence-electron chi connectivity index (χ0n) is 17.9. The molecule has 5 atom stereocenters. The van der Waals surface area contributed by atoms with Crippen LogP contribution in [0.3, 0.4) is 0 Å². The first kappa shape index (κ1) is 25.8. The highest BCUT2D eigenvalue weighted by atomic mass is 16.4. The lowest BCUT2D eigenvalue weighted by Crippen LogP contribution is -2.60. The Hall–Kier alpha value is -2.16. The number of amides is 3. The van der Waals surface area contributed by atoms with E-state index < -0.39 is 47.9 Å².